The van der Waals surface area contributed by atoms with Gasteiger partial charge in [0.1, 0.15) is 11.3 Å². The zero-order valence-corrected chi connectivity index (χ0v) is 9.32. The van der Waals surface area contributed by atoms with Crippen LogP contribution in [0.5, 0.6) is 0 Å². The number of hydrogen-bond donors (Lipinski definition) is 2. The van der Waals surface area contributed by atoms with E-state index in [1.807, 2.05) is 6.92 Å². The molecule has 0 aromatic carbocycles. The van der Waals surface area contributed by atoms with E-state index < -0.39 is 0 Å². The summed E-state index contributed by atoms with van der Waals surface area (Å²) < 4.78 is 0. The molecule has 0 amide bonds. The van der Waals surface area contributed by atoms with Crippen molar-refractivity contribution in [3.63, 3.8) is 0 Å². The highest BCUT2D eigenvalue weighted by atomic mass is 15.2. The fourth-order valence-corrected chi connectivity index (χ4v) is 2.22. The molecular weight excluding hydrogens is 202 g/mol. The Kier molecular flexibility index (Phi) is 2.23. The Hall–Kier alpha value is -1.65. The second-order valence-corrected chi connectivity index (χ2v) is 4.37. The van der Waals surface area contributed by atoms with Crippen molar-refractivity contribution in [2.45, 2.75) is 38.6 Å². The summed E-state index contributed by atoms with van der Waals surface area (Å²) in [5.41, 5.74) is 1.64. The average molecular weight is 217 g/mol. The van der Waals surface area contributed by atoms with Gasteiger partial charge < -0.3 is 10.3 Å². The van der Waals surface area contributed by atoms with Gasteiger partial charge in [0, 0.05) is 6.04 Å². The Balaban J connectivity index is 1.86. The van der Waals surface area contributed by atoms with Crippen molar-refractivity contribution in [2.24, 2.45) is 0 Å². The van der Waals surface area contributed by atoms with Crippen LogP contribution in [-0.2, 0) is 0 Å². The molecule has 84 valence electrons. The van der Waals surface area contributed by atoms with Crippen molar-refractivity contribution in [3.8, 4) is 0 Å². The molecule has 0 aliphatic heterocycles. The summed E-state index contributed by atoms with van der Waals surface area (Å²) in [4.78, 5) is 16.0. The van der Waals surface area contributed by atoms with Crippen LogP contribution in [0.3, 0.4) is 0 Å². The van der Waals surface area contributed by atoms with Gasteiger partial charge in [0.25, 0.3) is 0 Å². The largest absolute Gasteiger partial charge is 0.353 e. The number of rotatable bonds is 2. The number of hydrogen-bond acceptors (Lipinski definition) is 4. The van der Waals surface area contributed by atoms with Crippen LogP contribution in [0.15, 0.2) is 6.20 Å². The van der Waals surface area contributed by atoms with E-state index in [-0.39, 0.29) is 0 Å². The van der Waals surface area contributed by atoms with E-state index >= 15 is 0 Å². The predicted molar refractivity (Wildman–Crippen MR) is 62.3 cm³/mol. The van der Waals surface area contributed by atoms with Gasteiger partial charge in [-0.3, -0.25) is 0 Å². The van der Waals surface area contributed by atoms with E-state index in [2.05, 4.69) is 25.3 Å². The number of aromatic nitrogens is 4. The van der Waals surface area contributed by atoms with Crippen LogP contribution in [0.25, 0.3) is 11.2 Å². The Morgan fingerprint density at radius 1 is 1.31 bits per heavy atom. The van der Waals surface area contributed by atoms with Gasteiger partial charge in [0.05, 0.1) is 6.20 Å². The number of fused-ring (bicyclic) bond motifs is 1. The van der Waals surface area contributed by atoms with Crippen LogP contribution >= 0.6 is 0 Å². The van der Waals surface area contributed by atoms with Crippen molar-refractivity contribution in [1.82, 2.24) is 19.9 Å². The summed E-state index contributed by atoms with van der Waals surface area (Å²) in [5, 5.41) is 3.42. The number of nitrogens with one attached hydrogen (secondary N) is 2. The predicted octanol–water partition coefficient (Wildman–Crippen LogP) is 2.02. The Morgan fingerprint density at radius 3 is 2.94 bits per heavy atom. The van der Waals surface area contributed by atoms with Gasteiger partial charge in [-0.2, -0.15) is 4.98 Å². The first-order chi connectivity index (χ1) is 7.81. The van der Waals surface area contributed by atoms with E-state index in [1.54, 1.807) is 6.20 Å². The number of aromatic amines is 1. The Bertz CT molecular complexity index is 498. The normalized spacial score (nSPS) is 17.1. The molecule has 1 fully saturated rings. The molecule has 2 aromatic heterocycles. The lowest BCUT2D eigenvalue weighted by Gasteiger charge is -2.09. The molecule has 1 saturated carbocycles. The van der Waals surface area contributed by atoms with E-state index in [0.717, 1.165) is 22.9 Å². The van der Waals surface area contributed by atoms with E-state index in [1.165, 1.54) is 25.7 Å². The molecule has 5 heteroatoms. The third-order valence-electron chi connectivity index (χ3n) is 3.06. The van der Waals surface area contributed by atoms with Crippen LogP contribution in [0.1, 0.15) is 31.5 Å². The molecule has 2 aromatic rings. The maximum Gasteiger partial charge on any atom is 0.202 e. The van der Waals surface area contributed by atoms with Crippen LogP contribution < -0.4 is 5.32 Å². The van der Waals surface area contributed by atoms with E-state index in [9.17, 15) is 0 Å². The Labute approximate surface area is 93.7 Å². The minimum atomic E-state index is 0.564. The summed E-state index contributed by atoms with van der Waals surface area (Å²) >= 11 is 0. The third kappa shape index (κ3) is 1.73. The molecule has 5 nitrogen and oxygen atoms in total. The van der Waals surface area contributed by atoms with E-state index in [4.69, 9.17) is 0 Å². The SMILES string of the molecule is Cc1ncc2[nH]c(NC3CCCC3)nc2n1. The number of aryl methyl sites for hydroxylation is 1. The minimum absolute atomic E-state index is 0.564. The topological polar surface area (TPSA) is 66.5 Å². The fourth-order valence-electron chi connectivity index (χ4n) is 2.22. The fraction of sp³-hybridized carbons (Fsp3) is 0.545. The molecule has 0 bridgehead atoms. The summed E-state index contributed by atoms with van der Waals surface area (Å²) in [6, 6.07) is 0.564. The molecule has 2 N–H and O–H groups in total. The highest BCUT2D eigenvalue weighted by Crippen LogP contribution is 2.21. The first-order valence-corrected chi connectivity index (χ1v) is 5.77. The summed E-state index contributed by atoms with van der Waals surface area (Å²) in [7, 11) is 0. The van der Waals surface area contributed by atoms with Gasteiger partial charge in [-0.25, -0.2) is 9.97 Å². The first-order valence-electron chi connectivity index (χ1n) is 5.77. The summed E-state index contributed by atoms with van der Waals surface area (Å²) in [5.74, 6) is 1.58. The first kappa shape index (κ1) is 9.57. The van der Waals surface area contributed by atoms with Crippen LogP contribution in [-0.4, -0.2) is 26.0 Å². The molecule has 0 saturated heterocycles. The van der Waals surface area contributed by atoms with Crippen molar-refractivity contribution in [2.75, 3.05) is 5.32 Å². The lowest BCUT2D eigenvalue weighted by Crippen LogP contribution is -2.15. The summed E-state index contributed by atoms with van der Waals surface area (Å²) in [6.07, 6.45) is 6.89. The molecule has 0 atom stereocenters. The van der Waals surface area contributed by atoms with Crippen molar-refractivity contribution in [1.29, 1.82) is 0 Å². The van der Waals surface area contributed by atoms with Gasteiger partial charge >= 0.3 is 0 Å². The van der Waals surface area contributed by atoms with Gasteiger partial charge in [-0.1, -0.05) is 12.8 Å². The standard InChI is InChI=1S/C11H15N5/c1-7-12-6-9-10(13-7)16-11(15-9)14-8-4-2-3-5-8/h6,8H,2-5H2,1H3,(H2,12,13,14,15,16). The second kappa shape index (κ2) is 3.73. The molecule has 0 unspecified atom stereocenters. The molecule has 1 aliphatic carbocycles. The highest BCUT2D eigenvalue weighted by molar-refractivity contribution is 5.72. The quantitative estimate of drug-likeness (QED) is 0.807. The molecule has 1 aliphatic rings. The molecule has 16 heavy (non-hydrogen) atoms. The maximum absolute atomic E-state index is 4.42. The molecule has 2 heterocycles. The monoisotopic (exact) mass is 217 g/mol. The average Bonchev–Trinajstić information content (AvgIpc) is 2.86. The zero-order chi connectivity index (χ0) is 11.0. The molecule has 0 spiro atoms. The van der Waals surface area contributed by atoms with E-state index in [0.29, 0.717) is 6.04 Å². The smallest absolute Gasteiger partial charge is 0.202 e. The molecular formula is C11H15N5. The highest BCUT2D eigenvalue weighted by Gasteiger charge is 2.16. The Morgan fingerprint density at radius 2 is 2.12 bits per heavy atom. The van der Waals surface area contributed by atoms with Crippen LogP contribution in [0.2, 0.25) is 0 Å². The molecule has 0 radical (unpaired) electrons. The molecule has 3 rings (SSSR count). The number of H-pyrrole nitrogens is 1. The van der Waals surface area contributed by atoms with Crippen molar-refractivity contribution < 1.29 is 0 Å². The van der Waals surface area contributed by atoms with Gasteiger partial charge in [0.15, 0.2) is 5.65 Å². The second-order valence-electron chi connectivity index (χ2n) is 4.37. The van der Waals surface area contributed by atoms with Crippen molar-refractivity contribution in [3.05, 3.63) is 12.0 Å². The lowest BCUT2D eigenvalue weighted by atomic mass is 10.3. The number of anilines is 1. The van der Waals surface area contributed by atoms with Crippen LogP contribution in [0, 0.1) is 6.92 Å². The third-order valence-corrected chi connectivity index (χ3v) is 3.06. The van der Waals surface area contributed by atoms with Crippen LogP contribution in [0.4, 0.5) is 5.95 Å². The van der Waals surface area contributed by atoms with Crippen molar-refractivity contribution >= 4 is 17.1 Å². The van der Waals surface area contributed by atoms with Gasteiger partial charge in [-0.15, -0.1) is 0 Å². The maximum atomic E-state index is 4.42. The minimum Gasteiger partial charge on any atom is -0.353 e. The zero-order valence-electron chi connectivity index (χ0n) is 9.32. The summed E-state index contributed by atoms with van der Waals surface area (Å²) in [6.45, 7) is 1.87. The lowest BCUT2D eigenvalue weighted by molar-refractivity contribution is 0.747. The number of imidazole rings is 1. The van der Waals surface area contributed by atoms with Gasteiger partial charge in [-0.05, 0) is 19.8 Å². The van der Waals surface area contributed by atoms with Gasteiger partial charge in [0.2, 0.25) is 5.95 Å². The number of nitrogens with zero attached hydrogens (tertiary/aromatic N) is 3.